The van der Waals surface area contributed by atoms with Crippen LogP contribution in [0.3, 0.4) is 0 Å². The molecule has 0 unspecified atom stereocenters. The number of methoxy groups -OCH3 is 1. The van der Waals surface area contributed by atoms with Crippen LogP contribution in [-0.4, -0.2) is 42.4 Å². The van der Waals surface area contributed by atoms with Crippen LogP contribution in [0.5, 0.6) is 0 Å². The first-order chi connectivity index (χ1) is 14.8. The zero-order valence-corrected chi connectivity index (χ0v) is 17.4. The van der Waals surface area contributed by atoms with E-state index in [1.165, 1.54) is 18.9 Å². The van der Waals surface area contributed by atoms with Gasteiger partial charge in [-0.1, -0.05) is 30.3 Å². The molecule has 2 aromatic rings. The highest BCUT2D eigenvalue weighted by Crippen LogP contribution is 2.40. The Morgan fingerprint density at radius 1 is 1.13 bits per heavy atom. The second kappa shape index (κ2) is 9.24. The molecule has 0 aliphatic carbocycles. The van der Waals surface area contributed by atoms with Crippen LogP contribution in [0, 0.1) is 11.6 Å². The zero-order chi connectivity index (χ0) is 22.6. The fourth-order valence-electron chi connectivity index (χ4n) is 4.12. The molecule has 1 aliphatic heterocycles. The Morgan fingerprint density at radius 2 is 1.77 bits per heavy atom. The molecule has 6 nitrogen and oxygen atoms in total. The molecular formula is C23H24F2N2O4. The summed E-state index contributed by atoms with van der Waals surface area (Å²) in [5.74, 6) is -3.11. The predicted molar refractivity (Wildman–Crippen MR) is 109 cm³/mol. The van der Waals surface area contributed by atoms with Crippen LogP contribution in [0.2, 0.25) is 0 Å². The fraction of sp³-hybridized carbons (Fsp3) is 0.348. The number of nitrogens with zero attached hydrogens (tertiary/aromatic N) is 1. The van der Waals surface area contributed by atoms with Gasteiger partial charge in [0.25, 0.3) is 0 Å². The number of halogens is 2. The topological polar surface area (TPSA) is 75.7 Å². The van der Waals surface area contributed by atoms with Gasteiger partial charge in [-0.2, -0.15) is 0 Å². The number of hydrogen-bond acceptors (Lipinski definition) is 4. The molecule has 31 heavy (non-hydrogen) atoms. The Hall–Kier alpha value is -3.29. The number of hydrogen-bond donors (Lipinski definition) is 1. The van der Waals surface area contributed by atoms with Crippen molar-refractivity contribution < 1.29 is 27.9 Å². The van der Waals surface area contributed by atoms with Gasteiger partial charge in [0, 0.05) is 12.6 Å². The Labute approximate surface area is 179 Å². The second-order valence-corrected chi connectivity index (χ2v) is 7.55. The molecule has 0 aromatic heterocycles. The van der Waals surface area contributed by atoms with Crippen LogP contribution >= 0.6 is 0 Å². The van der Waals surface area contributed by atoms with Gasteiger partial charge >= 0.3 is 5.97 Å². The minimum absolute atomic E-state index is 0.156. The summed E-state index contributed by atoms with van der Waals surface area (Å²) in [6, 6.07) is 10.8. The van der Waals surface area contributed by atoms with E-state index in [-0.39, 0.29) is 12.0 Å². The Morgan fingerprint density at radius 3 is 2.39 bits per heavy atom. The third kappa shape index (κ3) is 4.57. The van der Waals surface area contributed by atoms with E-state index in [2.05, 4.69) is 5.32 Å². The van der Waals surface area contributed by atoms with E-state index in [4.69, 9.17) is 4.74 Å². The summed E-state index contributed by atoms with van der Waals surface area (Å²) in [6.07, 6.45) is 0.713. The van der Waals surface area contributed by atoms with Gasteiger partial charge in [-0.15, -0.1) is 0 Å². The Balaban J connectivity index is 1.78. The monoisotopic (exact) mass is 430 g/mol. The minimum Gasteiger partial charge on any atom is -0.467 e. The summed E-state index contributed by atoms with van der Waals surface area (Å²) in [4.78, 5) is 39.9. The van der Waals surface area contributed by atoms with E-state index in [0.717, 1.165) is 18.2 Å². The molecule has 0 bridgehead atoms. The highest BCUT2D eigenvalue weighted by Gasteiger charge is 2.52. The van der Waals surface area contributed by atoms with Gasteiger partial charge in [0.1, 0.15) is 17.7 Å². The highest BCUT2D eigenvalue weighted by atomic mass is 19.1. The summed E-state index contributed by atoms with van der Waals surface area (Å²) in [6.45, 7) is 1.84. The molecule has 1 fully saturated rings. The van der Waals surface area contributed by atoms with Gasteiger partial charge in [-0.05, 0) is 43.0 Å². The Bertz CT molecular complexity index is 963. The maximum absolute atomic E-state index is 13.4. The molecule has 0 spiro atoms. The van der Waals surface area contributed by atoms with Gasteiger partial charge in [0.05, 0.1) is 13.5 Å². The number of benzene rings is 2. The van der Waals surface area contributed by atoms with Crippen molar-refractivity contribution in [1.29, 1.82) is 0 Å². The van der Waals surface area contributed by atoms with Crippen molar-refractivity contribution >= 4 is 17.8 Å². The lowest BCUT2D eigenvalue weighted by Gasteiger charge is -2.37. The van der Waals surface area contributed by atoms with Gasteiger partial charge in [-0.3, -0.25) is 9.59 Å². The molecule has 3 rings (SSSR count). The van der Waals surface area contributed by atoms with Gasteiger partial charge in [0.15, 0.2) is 5.54 Å². The van der Waals surface area contributed by atoms with E-state index in [9.17, 15) is 23.2 Å². The van der Waals surface area contributed by atoms with Crippen molar-refractivity contribution in [2.24, 2.45) is 0 Å². The third-order valence-corrected chi connectivity index (χ3v) is 5.46. The number of nitrogens with one attached hydrogen (secondary N) is 1. The molecular weight excluding hydrogens is 406 g/mol. The number of carbonyl (C=O) groups is 3. The zero-order valence-electron chi connectivity index (χ0n) is 17.4. The molecule has 164 valence electrons. The highest BCUT2D eigenvalue weighted by molar-refractivity contribution is 5.94. The van der Waals surface area contributed by atoms with Crippen molar-refractivity contribution in [3.63, 3.8) is 0 Å². The third-order valence-electron chi connectivity index (χ3n) is 5.46. The summed E-state index contributed by atoms with van der Waals surface area (Å²) < 4.78 is 31.7. The lowest BCUT2D eigenvalue weighted by atomic mass is 9.86. The van der Waals surface area contributed by atoms with Crippen molar-refractivity contribution in [2.45, 2.75) is 37.8 Å². The largest absolute Gasteiger partial charge is 0.467 e. The van der Waals surface area contributed by atoms with Crippen LogP contribution < -0.4 is 5.32 Å². The molecule has 1 aliphatic rings. The van der Waals surface area contributed by atoms with Gasteiger partial charge in [-0.25, -0.2) is 13.6 Å². The molecule has 8 heteroatoms. The van der Waals surface area contributed by atoms with Gasteiger partial charge < -0.3 is 15.0 Å². The lowest BCUT2D eigenvalue weighted by molar-refractivity contribution is -0.161. The Kier molecular flexibility index (Phi) is 6.68. The molecule has 1 heterocycles. The first-order valence-electron chi connectivity index (χ1n) is 9.97. The summed E-state index contributed by atoms with van der Waals surface area (Å²) >= 11 is 0. The molecule has 2 aromatic carbocycles. The van der Waals surface area contributed by atoms with E-state index in [0.29, 0.717) is 24.9 Å². The smallest absolute Gasteiger partial charge is 0.336 e. The minimum atomic E-state index is -1.27. The van der Waals surface area contributed by atoms with E-state index >= 15 is 0 Å². The quantitative estimate of drug-likeness (QED) is 0.715. The summed E-state index contributed by atoms with van der Waals surface area (Å²) in [5.41, 5.74) is -0.469. The molecule has 2 amide bonds. The summed E-state index contributed by atoms with van der Waals surface area (Å²) in [5, 5.41) is 2.56. The second-order valence-electron chi connectivity index (χ2n) is 7.55. The van der Waals surface area contributed by atoms with E-state index in [1.807, 2.05) is 6.07 Å². The number of carbonyl (C=O) groups excluding carboxylic acids is 3. The van der Waals surface area contributed by atoms with Crippen molar-refractivity contribution in [2.75, 3.05) is 13.7 Å². The van der Waals surface area contributed by atoms with Crippen LogP contribution in [0.1, 0.15) is 30.9 Å². The van der Waals surface area contributed by atoms with E-state index in [1.54, 1.807) is 24.3 Å². The molecule has 0 saturated carbocycles. The summed E-state index contributed by atoms with van der Waals surface area (Å²) in [7, 11) is 1.28. The number of likely N-dealkylation sites (tertiary alicyclic amines) is 1. The maximum Gasteiger partial charge on any atom is 0.336 e. The molecule has 1 saturated heterocycles. The fourth-order valence-corrected chi connectivity index (χ4v) is 4.12. The number of rotatable bonds is 6. The number of esters is 1. The van der Waals surface area contributed by atoms with Crippen LogP contribution in [0.25, 0.3) is 0 Å². The van der Waals surface area contributed by atoms with Crippen LogP contribution in [0.15, 0.2) is 48.5 Å². The van der Waals surface area contributed by atoms with Crippen molar-refractivity contribution in [3.8, 4) is 0 Å². The molecule has 1 N–H and O–H groups in total. The first kappa shape index (κ1) is 22.4. The standard InChI is InChI=1S/C23H24F2N2O4/c1-15(26-20(28)13-16-11-18(24)14-19(25)12-16)21(29)27-10-6-9-23(27,22(30)31-2)17-7-4-3-5-8-17/h3-5,7-8,11-12,14-15H,6,9-10,13H2,1-2H3,(H,26,28)/t15-,23+/m0/s1. The first-order valence-corrected chi connectivity index (χ1v) is 9.97. The van der Waals surface area contributed by atoms with Crippen LogP contribution in [-0.2, 0) is 31.1 Å². The average molecular weight is 430 g/mol. The number of ether oxygens (including phenoxy) is 1. The normalized spacial score (nSPS) is 19.0. The molecule has 2 atom stereocenters. The van der Waals surface area contributed by atoms with Gasteiger partial charge in [0.2, 0.25) is 11.8 Å². The van der Waals surface area contributed by atoms with E-state index < -0.39 is 41.0 Å². The number of amides is 2. The average Bonchev–Trinajstić information content (AvgIpc) is 3.18. The SMILES string of the molecule is COC(=O)[C@]1(c2ccccc2)CCCN1C(=O)[C@H](C)NC(=O)Cc1cc(F)cc(F)c1. The van der Waals surface area contributed by atoms with Crippen LogP contribution in [0.4, 0.5) is 8.78 Å². The maximum atomic E-state index is 13.4. The predicted octanol–water partition coefficient (Wildman–Crippen LogP) is 2.70. The lowest BCUT2D eigenvalue weighted by Crippen LogP contribution is -2.56. The molecule has 0 radical (unpaired) electrons. The van der Waals surface area contributed by atoms with Crippen molar-refractivity contribution in [3.05, 3.63) is 71.3 Å². The van der Waals surface area contributed by atoms with Crippen molar-refractivity contribution in [1.82, 2.24) is 10.2 Å².